The second-order valence-corrected chi connectivity index (χ2v) is 11.9. The highest BCUT2D eigenvalue weighted by Crippen LogP contribution is 2.43. The summed E-state index contributed by atoms with van der Waals surface area (Å²) in [5.41, 5.74) is 4.89. The number of esters is 3. The molecule has 2 aromatic rings. The Morgan fingerprint density at radius 1 is 1.20 bits per heavy atom. The van der Waals surface area contributed by atoms with E-state index >= 15 is 0 Å². The minimum atomic E-state index is -1.69. The molecular weight excluding hydrogens is 604 g/mol. The van der Waals surface area contributed by atoms with Crippen LogP contribution in [-0.4, -0.2) is 94.7 Å². The minimum absolute atomic E-state index is 0.0300. The number of aromatic nitrogens is 3. The SMILES string of the molecule is C=NC[C@@]1(c2ccc3c(NC(=O)OCOC(C)=O)ncnn23)O[C@H](COC(=O)CC2CCCCC2)[C@@H](OC(=O)[C@@H](N)C(C)C)[C@H]1O. The third-order valence-corrected chi connectivity index (χ3v) is 8.25. The number of hydrogen-bond acceptors (Lipinski definition) is 14. The average Bonchev–Trinajstić information content (AvgIpc) is 3.56. The van der Waals surface area contributed by atoms with Crippen molar-refractivity contribution in [2.75, 3.05) is 25.3 Å². The number of anilines is 1. The number of aliphatic hydroxyl groups is 1. The van der Waals surface area contributed by atoms with Crippen LogP contribution < -0.4 is 11.1 Å². The summed E-state index contributed by atoms with van der Waals surface area (Å²) < 4.78 is 28.6. The van der Waals surface area contributed by atoms with E-state index in [0.717, 1.165) is 38.4 Å². The summed E-state index contributed by atoms with van der Waals surface area (Å²) in [5, 5.41) is 18.6. The number of fused-ring (bicyclic) bond motifs is 1. The monoisotopic (exact) mass is 646 g/mol. The largest absolute Gasteiger partial charge is 0.463 e. The van der Waals surface area contributed by atoms with E-state index in [2.05, 4.69) is 31.8 Å². The van der Waals surface area contributed by atoms with Crippen molar-refractivity contribution in [2.45, 2.75) is 89.3 Å². The van der Waals surface area contributed by atoms with Crippen molar-refractivity contribution in [1.29, 1.82) is 0 Å². The van der Waals surface area contributed by atoms with Gasteiger partial charge in [0.2, 0.25) is 6.79 Å². The topological polar surface area (TPSA) is 215 Å². The lowest BCUT2D eigenvalue weighted by atomic mass is 9.87. The van der Waals surface area contributed by atoms with Crippen molar-refractivity contribution in [3.63, 3.8) is 0 Å². The maximum atomic E-state index is 13.0. The summed E-state index contributed by atoms with van der Waals surface area (Å²) >= 11 is 0. The zero-order valence-corrected chi connectivity index (χ0v) is 26.3. The number of nitrogens with one attached hydrogen (secondary N) is 1. The molecule has 0 spiro atoms. The number of carbonyl (C=O) groups is 4. The van der Waals surface area contributed by atoms with Gasteiger partial charge < -0.3 is 34.5 Å². The number of nitrogens with zero attached hydrogens (tertiary/aromatic N) is 4. The van der Waals surface area contributed by atoms with Crippen molar-refractivity contribution < 1.29 is 48.0 Å². The molecule has 3 heterocycles. The zero-order valence-electron chi connectivity index (χ0n) is 26.3. The van der Waals surface area contributed by atoms with Crippen molar-refractivity contribution in [3.8, 4) is 0 Å². The van der Waals surface area contributed by atoms with Gasteiger partial charge in [-0.1, -0.05) is 33.1 Å². The summed E-state index contributed by atoms with van der Waals surface area (Å²) in [7, 11) is 0. The van der Waals surface area contributed by atoms with E-state index in [1.165, 1.54) is 11.4 Å². The quantitative estimate of drug-likeness (QED) is 0.123. The van der Waals surface area contributed by atoms with Gasteiger partial charge in [0.25, 0.3) is 0 Å². The lowest BCUT2D eigenvalue weighted by Gasteiger charge is -2.30. The molecule has 2 fully saturated rings. The van der Waals surface area contributed by atoms with Crippen LogP contribution in [0.15, 0.2) is 23.5 Å². The molecule has 16 nitrogen and oxygen atoms in total. The molecule has 5 atom stereocenters. The first kappa shape index (κ1) is 34.7. The highest BCUT2D eigenvalue weighted by molar-refractivity contribution is 5.88. The van der Waals surface area contributed by atoms with Gasteiger partial charge in [-0.15, -0.1) is 0 Å². The van der Waals surface area contributed by atoms with Gasteiger partial charge in [0.15, 0.2) is 17.5 Å². The third-order valence-electron chi connectivity index (χ3n) is 8.25. The van der Waals surface area contributed by atoms with E-state index in [0.29, 0.717) is 0 Å². The number of hydrogen-bond donors (Lipinski definition) is 3. The van der Waals surface area contributed by atoms with Crippen LogP contribution in [-0.2, 0) is 43.7 Å². The molecule has 0 bridgehead atoms. The van der Waals surface area contributed by atoms with Crippen molar-refractivity contribution >= 4 is 42.1 Å². The maximum absolute atomic E-state index is 13.0. The first-order chi connectivity index (χ1) is 22.0. The Kier molecular flexibility index (Phi) is 11.6. The molecule has 1 amide bonds. The predicted molar refractivity (Wildman–Crippen MR) is 162 cm³/mol. The standard InChI is InChI=1S/C30H42N6O10/c1-17(2)24(31)28(40)45-25-21(13-42-23(38)12-19-8-6-5-7-9-19)46-30(14-32-4,26(25)39)22-11-10-20-27(33-15-34-36(20)22)35-29(41)44-16-43-18(3)37/h10-11,15,17,19,21,24-26,39H,4-9,12-14,16,31H2,1-3H3,(H,33,34,35,41)/t21-,24+,25-,26-,30+/m1/s1. The van der Waals surface area contributed by atoms with Crippen molar-refractivity contribution in [2.24, 2.45) is 22.6 Å². The molecule has 2 aliphatic rings. The lowest BCUT2D eigenvalue weighted by Crippen LogP contribution is -2.48. The molecule has 4 N–H and O–H groups in total. The number of aliphatic hydroxyl groups excluding tert-OH is 1. The predicted octanol–water partition coefficient (Wildman–Crippen LogP) is 1.86. The van der Waals surface area contributed by atoms with Crippen molar-refractivity contribution in [1.82, 2.24) is 14.6 Å². The van der Waals surface area contributed by atoms with Gasteiger partial charge in [-0.2, -0.15) is 5.10 Å². The van der Waals surface area contributed by atoms with Gasteiger partial charge in [-0.05, 0) is 43.5 Å². The zero-order chi connectivity index (χ0) is 33.4. The van der Waals surface area contributed by atoms with E-state index in [4.69, 9.17) is 24.7 Å². The van der Waals surface area contributed by atoms with E-state index in [-0.39, 0.29) is 48.4 Å². The van der Waals surface area contributed by atoms with Crippen molar-refractivity contribution in [3.05, 3.63) is 24.2 Å². The average molecular weight is 647 g/mol. The number of nitrogens with two attached hydrogens (primary N) is 1. The number of ether oxygens (including phenoxy) is 5. The molecule has 16 heteroatoms. The molecule has 0 radical (unpaired) electrons. The normalized spacial score (nSPS) is 23.9. The molecule has 0 unspecified atom stereocenters. The van der Waals surface area contributed by atoms with Gasteiger partial charge in [0.1, 0.15) is 36.7 Å². The fourth-order valence-electron chi connectivity index (χ4n) is 5.73. The summed E-state index contributed by atoms with van der Waals surface area (Å²) in [4.78, 5) is 57.1. The number of aliphatic imine (C=N–C) groups is 1. The first-order valence-corrected chi connectivity index (χ1v) is 15.3. The van der Waals surface area contributed by atoms with Crippen LogP contribution in [0.2, 0.25) is 0 Å². The Balaban J connectivity index is 1.62. The fourth-order valence-corrected chi connectivity index (χ4v) is 5.73. The summed E-state index contributed by atoms with van der Waals surface area (Å²) in [6, 6.07) is 2.15. The molecule has 252 valence electrons. The van der Waals surface area contributed by atoms with Gasteiger partial charge >= 0.3 is 24.0 Å². The minimum Gasteiger partial charge on any atom is -0.463 e. The van der Waals surface area contributed by atoms with Crippen LogP contribution in [0, 0.1) is 11.8 Å². The van der Waals surface area contributed by atoms with Gasteiger partial charge in [0.05, 0.1) is 12.2 Å². The van der Waals surface area contributed by atoms with E-state index in [1.54, 1.807) is 26.0 Å². The molecular formula is C30H42N6O10. The first-order valence-electron chi connectivity index (χ1n) is 15.3. The molecule has 1 aliphatic carbocycles. The number of amides is 1. The van der Waals surface area contributed by atoms with Crippen LogP contribution in [0.25, 0.3) is 5.52 Å². The van der Waals surface area contributed by atoms with Crippen LogP contribution >= 0.6 is 0 Å². The van der Waals surface area contributed by atoms with Crippen LogP contribution in [0.3, 0.4) is 0 Å². The second-order valence-electron chi connectivity index (χ2n) is 11.9. The number of carbonyl (C=O) groups excluding carboxylic acids is 4. The molecule has 1 aliphatic heterocycles. The Labute approximate surface area is 265 Å². The smallest absolute Gasteiger partial charge is 0.415 e. The van der Waals surface area contributed by atoms with E-state index in [9.17, 15) is 24.3 Å². The van der Waals surface area contributed by atoms with Gasteiger partial charge in [0, 0.05) is 13.3 Å². The Morgan fingerprint density at radius 3 is 2.61 bits per heavy atom. The molecule has 2 aromatic heterocycles. The van der Waals surface area contributed by atoms with Crippen LogP contribution in [0.5, 0.6) is 0 Å². The number of rotatable bonds is 13. The molecule has 46 heavy (non-hydrogen) atoms. The van der Waals surface area contributed by atoms with E-state index in [1.807, 2.05) is 0 Å². The third kappa shape index (κ3) is 7.97. The fraction of sp³-hybridized carbons (Fsp3) is 0.633. The van der Waals surface area contributed by atoms with Crippen LogP contribution in [0.4, 0.5) is 10.6 Å². The highest BCUT2D eigenvalue weighted by Gasteiger charge is 2.59. The molecule has 4 rings (SSSR count). The Hall–Kier alpha value is -4.15. The summed E-state index contributed by atoms with van der Waals surface area (Å²) in [5.74, 6) is -1.78. The Morgan fingerprint density at radius 2 is 1.93 bits per heavy atom. The van der Waals surface area contributed by atoms with E-state index < -0.39 is 60.7 Å². The highest BCUT2D eigenvalue weighted by atomic mass is 16.7. The lowest BCUT2D eigenvalue weighted by molar-refractivity contribution is -0.163. The molecule has 0 aromatic carbocycles. The Bertz CT molecular complexity index is 1410. The van der Waals surface area contributed by atoms with Crippen LogP contribution in [0.1, 0.15) is 65.0 Å². The van der Waals surface area contributed by atoms with Gasteiger partial charge in [-0.25, -0.2) is 14.3 Å². The molecule has 1 saturated carbocycles. The van der Waals surface area contributed by atoms with Gasteiger partial charge in [-0.3, -0.25) is 24.7 Å². The summed E-state index contributed by atoms with van der Waals surface area (Å²) in [6.45, 7) is 7.15. The second kappa shape index (κ2) is 15.4. The summed E-state index contributed by atoms with van der Waals surface area (Å²) in [6.07, 6.45) is 1.73. The maximum Gasteiger partial charge on any atom is 0.415 e. The molecule has 1 saturated heterocycles.